The molecule has 6 heteroatoms. The molecule has 0 radical (unpaired) electrons. The van der Waals surface area contributed by atoms with Crippen molar-refractivity contribution in [3.63, 3.8) is 0 Å². The van der Waals surface area contributed by atoms with E-state index in [-0.39, 0.29) is 11.7 Å². The monoisotopic (exact) mass is 412 g/mol. The van der Waals surface area contributed by atoms with Gasteiger partial charge in [0.05, 0.1) is 12.0 Å². The third kappa shape index (κ3) is 4.87. The molecule has 2 aliphatic heterocycles. The molecule has 30 heavy (non-hydrogen) atoms. The Kier molecular flexibility index (Phi) is 6.75. The highest BCUT2D eigenvalue weighted by Crippen LogP contribution is 2.36. The first-order chi connectivity index (χ1) is 14.7. The van der Waals surface area contributed by atoms with Crippen LogP contribution in [0.15, 0.2) is 42.7 Å². The minimum Gasteiger partial charge on any atom is -0.381 e. The fourth-order valence-corrected chi connectivity index (χ4v) is 4.41. The molecule has 1 atom stereocenters. The lowest BCUT2D eigenvalue weighted by atomic mass is 9.74. The minimum absolute atomic E-state index is 0.00658. The molecule has 0 spiro atoms. The first-order valence-corrected chi connectivity index (χ1v) is 10.8. The average molecular weight is 413 g/mol. The standard InChI is InChI=1S/C24H29FN2O3/c25-22-13-19(21-4-1-9-26-16-21)5-6-20(22)14-24(7-11-29-12-8-24)23(28)27-15-18-3-2-10-30-17-18/h1,4-6,9,13,16,18H,2-3,7-8,10-12,14-15,17H2,(H,27,28)/t18-/m0/s1. The Balaban J connectivity index is 1.49. The highest BCUT2D eigenvalue weighted by molar-refractivity contribution is 5.83. The SMILES string of the molecule is O=C(NC[C@@H]1CCCOC1)C1(Cc2ccc(-c3cccnc3)cc2F)CCOCC1. The lowest BCUT2D eigenvalue weighted by Gasteiger charge is -2.36. The van der Waals surface area contributed by atoms with Gasteiger partial charge in [0.25, 0.3) is 0 Å². The fraction of sp³-hybridized carbons (Fsp3) is 0.500. The molecule has 1 aromatic heterocycles. The molecule has 0 bridgehead atoms. The van der Waals surface area contributed by atoms with Crippen LogP contribution in [0.3, 0.4) is 0 Å². The van der Waals surface area contributed by atoms with Crippen molar-refractivity contribution in [2.45, 2.75) is 32.1 Å². The van der Waals surface area contributed by atoms with Crippen LogP contribution in [-0.4, -0.2) is 43.9 Å². The predicted octanol–water partition coefficient (Wildman–Crippen LogP) is 3.77. The smallest absolute Gasteiger partial charge is 0.226 e. The number of hydrogen-bond acceptors (Lipinski definition) is 4. The highest BCUT2D eigenvalue weighted by Gasteiger charge is 2.40. The molecule has 160 valence electrons. The number of halogens is 1. The zero-order valence-corrected chi connectivity index (χ0v) is 17.2. The molecule has 0 aliphatic carbocycles. The summed E-state index contributed by atoms with van der Waals surface area (Å²) >= 11 is 0. The van der Waals surface area contributed by atoms with E-state index in [1.165, 1.54) is 6.07 Å². The summed E-state index contributed by atoms with van der Waals surface area (Å²) in [7, 11) is 0. The largest absolute Gasteiger partial charge is 0.381 e. The van der Waals surface area contributed by atoms with Crippen LogP contribution in [0.2, 0.25) is 0 Å². The summed E-state index contributed by atoms with van der Waals surface area (Å²) < 4.78 is 26.0. The molecular formula is C24H29FN2O3. The Bertz CT molecular complexity index is 847. The molecular weight excluding hydrogens is 383 g/mol. The Labute approximate surface area is 177 Å². The number of nitrogens with zero attached hydrogens (tertiary/aromatic N) is 1. The van der Waals surface area contributed by atoms with Gasteiger partial charge in [-0.15, -0.1) is 0 Å². The van der Waals surface area contributed by atoms with Gasteiger partial charge in [-0.05, 0) is 61.3 Å². The second-order valence-corrected chi connectivity index (χ2v) is 8.41. The van der Waals surface area contributed by atoms with Gasteiger partial charge in [-0.3, -0.25) is 9.78 Å². The number of carbonyl (C=O) groups is 1. The van der Waals surface area contributed by atoms with Gasteiger partial charge >= 0.3 is 0 Å². The predicted molar refractivity (Wildman–Crippen MR) is 112 cm³/mol. The van der Waals surface area contributed by atoms with Gasteiger partial charge in [0.2, 0.25) is 5.91 Å². The molecule has 2 aliphatic rings. The van der Waals surface area contributed by atoms with E-state index in [1.54, 1.807) is 18.5 Å². The van der Waals surface area contributed by atoms with E-state index in [9.17, 15) is 4.79 Å². The summed E-state index contributed by atoms with van der Waals surface area (Å²) in [5.41, 5.74) is 1.59. The fourth-order valence-electron chi connectivity index (χ4n) is 4.41. The molecule has 3 heterocycles. The molecule has 2 fully saturated rings. The number of aromatic nitrogens is 1. The van der Waals surface area contributed by atoms with Crippen LogP contribution in [-0.2, 0) is 20.7 Å². The zero-order chi connectivity index (χ0) is 20.8. The maximum absolute atomic E-state index is 15.0. The maximum atomic E-state index is 15.0. The Morgan fingerprint density at radius 1 is 1.17 bits per heavy atom. The molecule has 1 aromatic carbocycles. The molecule has 5 nitrogen and oxygen atoms in total. The number of amides is 1. The summed E-state index contributed by atoms with van der Waals surface area (Å²) in [4.78, 5) is 17.3. The van der Waals surface area contributed by atoms with Crippen LogP contribution in [0, 0.1) is 17.2 Å². The number of ether oxygens (including phenoxy) is 2. The van der Waals surface area contributed by atoms with Gasteiger partial charge < -0.3 is 14.8 Å². The highest BCUT2D eigenvalue weighted by atomic mass is 19.1. The number of carbonyl (C=O) groups excluding carboxylic acids is 1. The van der Waals surface area contributed by atoms with Crippen molar-refractivity contribution in [3.8, 4) is 11.1 Å². The Morgan fingerprint density at radius 3 is 2.73 bits per heavy atom. The topological polar surface area (TPSA) is 60.5 Å². The third-order valence-corrected chi connectivity index (χ3v) is 6.31. The van der Waals surface area contributed by atoms with E-state index < -0.39 is 5.41 Å². The average Bonchev–Trinajstić information content (AvgIpc) is 2.80. The molecule has 4 rings (SSSR count). The quantitative estimate of drug-likeness (QED) is 0.785. The van der Waals surface area contributed by atoms with Crippen LogP contribution in [0.1, 0.15) is 31.2 Å². The zero-order valence-electron chi connectivity index (χ0n) is 17.2. The van der Waals surface area contributed by atoms with Gasteiger partial charge in [-0.1, -0.05) is 18.2 Å². The summed E-state index contributed by atoms with van der Waals surface area (Å²) in [5, 5.41) is 3.13. The van der Waals surface area contributed by atoms with Crippen molar-refractivity contribution in [1.29, 1.82) is 0 Å². The molecule has 0 unspecified atom stereocenters. The molecule has 1 N–H and O–H groups in total. The second kappa shape index (κ2) is 9.67. The molecule has 1 amide bonds. The van der Waals surface area contributed by atoms with Gasteiger partial charge in [-0.2, -0.15) is 0 Å². The van der Waals surface area contributed by atoms with E-state index in [2.05, 4.69) is 10.3 Å². The Morgan fingerprint density at radius 2 is 2.03 bits per heavy atom. The Hall–Kier alpha value is -2.31. The number of rotatable bonds is 6. The van der Waals surface area contributed by atoms with E-state index in [0.29, 0.717) is 57.1 Å². The molecule has 0 saturated carbocycles. The van der Waals surface area contributed by atoms with Gasteiger partial charge in [0.1, 0.15) is 5.82 Å². The van der Waals surface area contributed by atoms with Crippen molar-refractivity contribution in [3.05, 3.63) is 54.1 Å². The summed E-state index contributed by atoms with van der Waals surface area (Å²) in [5.74, 6) is 0.0814. The van der Waals surface area contributed by atoms with E-state index in [1.807, 2.05) is 18.2 Å². The van der Waals surface area contributed by atoms with E-state index >= 15 is 4.39 Å². The van der Waals surface area contributed by atoms with Crippen molar-refractivity contribution in [2.24, 2.45) is 11.3 Å². The first-order valence-electron chi connectivity index (χ1n) is 10.8. The molecule has 2 saturated heterocycles. The van der Waals surface area contributed by atoms with Gasteiger partial charge in [0, 0.05) is 44.3 Å². The van der Waals surface area contributed by atoms with Crippen molar-refractivity contribution in [2.75, 3.05) is 33.0 Å². The first kappa shape index (κ1) is 20.9. The van der Waals surface area contributed by atoms with Crippen LogP contribution in [0.5, 0.6) is 0 Å². The number of hydrogen-bond donors (Lipinski definition) is 1. The van der Waals surface area contributed by atoms with E-state index in [4.69, 9.17) is 9.47 Å². The van der Waals surface area contributed by atoms with Crippen LogP contribution < -0.4 is 5.32 Å². The lowest BCUT2D eigenvalue weighted by molar-refractivity contribution is -0.137. The third-order valence-electron chi connectivity index (χ3n) is 6.31. The summed E-state index contributed by atoms with van der Waals surface area (Å²) in [6, 6.07) is 8.98. The van der Waals surface area contributed by atoms with Crippen molar-refractivity contribution >= 4 is 5.91 Å². The lowest BCUT2D eigenvalue weighted by Crippen LogP contribution is -2.48. The van der Waals surface area contributed by atoms with Crippen LogP contribution in [0.4, 0.5) is 4.39 Å². The van der Waals surface area contributed by atoms with Gasteiger partial charge in [0.15, 0.2) is 0 Å². The summed E-state index contributed by atoms with van der Waals surface area (Å²) in [6.45, 7) is 3.16. The second-order valence-electron chi connectivity index (χ2n) is 8.41. The van der Waals surface area contributed by atoms with Crippen molar-refractivity contribution < 1.29 is 18.7 Å². The summed E-state index contributed by atoms with van der Waals surface area (Å²) in [6.07, 6.45) is 7.10. The number of nitrogens with one attached hydrogen (secondary N) is 1. The van der Waals surface area contributed by atoms with Crippen LogP contribution >= 0.6 is 0 Å². The van der Waals surface area contributed by atoms with Crippen molar-refractivity contribution in [1.82, 2.24) is 10.3 Å². The number of benzene rings is 1. The minimum atomic E-state index is -0.634. The van der Waals surface area contributed by atoms with Crippen LogP contribution in [0.25, 0.3) is 11.1 Å². The normalized spacial score (nSPS) is 21.2. The van der Waals surface area contributed by atoms with E-state index in [0.717, 1.165) is 30.6 Å². The maximum Gasteiger partial charge on any atom is 0.226 e. The van der Waals surface area contributed by atoms with Gasteiger partial charge in [-0.25, -0.2) is 4.39 Å². The molecule has 2 aromatic rings. The number of pyridine rings is 1.